The number of pyridine rings is 2. The molecule has 0 aromatic carbocycles. The predicted molar refractivity (Wildman–Crippen MR) is 91.3 cm³/mol. The molecule has 0 bridgehead atoms. The molecule has 0 radical (unpaired) electrons. The second-order valence-corrected chi connectivity index (χ2v) is 6.15. The van der Waals surface area contributed by atoms with Crippen molar-refractivity contribution in [1.29, 1.82) is 0 Å². The molecule has 3 aromatic heterocycles. The summed E-state index contributed by atoms with van der Waals surface area (Å²) in [4.78, 5) is 21.5. The van der Waals surface area contributed by atoms with Crippen molar-refractivity contribution in [3.8, 4) is 23.0 Å². The summed E-state index contributed by atoms with van der Waals surface area (Å²) in [5.74, 6) is 0.108. The highest BCUT2D eigenvalue weighted by atomic mass is 19.4. The third-order valence-electron chi connectivity index (χ3n) is 4.10. The van der Waals surface area contributed by atoms with Crippen LogP contribution in [0.1, 0.15) is 5.69 Å². The van der Waals surface area contributed by atoms with E-state index in [1.54, 1.807) is 12.1 Å². The Hall–Kier alpha value is -3.70. The summed E-state index contributed by atoms with van der Waals surface area (Å²) in [6.45, 7) is 0.458. The number of rotatable bonds is 4. The van der Waals surface area contributed by atoms with E-state index < -0.39 is 22.9 Å². The quantitative estimate of drug-likeness (QED) is 0.483. The molecule has 0 fully saturated rings. The van der Waals surface area contributed by atoms with Crippen molar-refractivity contribution in [2.45, 2.75) is 18.8 Å². The minimum Gasteiger partial charge on any atom is -0.483 e. The summed E-state index contributed by atoms with van der Waals surface area (Å²) in [6, 6.07) is 5.55. The number of nitro groups is 1. The molecule has 29 heavy (non-hydrogen) atoms. The van der Waals surface area contributed by atoms with E-state index in [0.717, 1.165) is 12.3 Å². The van der Waals surface area contributed by atoms with Gasteiger partial charge in [0.1, 0.15) is 24.2 Å². The molecule has 0 N–H and O–H groups in total. The first-order chi connectivity index (χ1) is 13.8. The van der Waals surface area contributed by atoms with Crippen LogP contribution in [0.5, 0.6) is 11.8 Å². The fraction of sp³-hybridized carbons (Fsp3) is 0.235. The number of hydrogen-bond donors (Lipinski definition) is 0. The number of fused-ring (bicyclic) bond motifs is 1. The number of hydrogen-bond acceptors (Lipinski definition) is 7. The number of aromatic nitrogens is 4. The third kappa shape index (κ3) is 3.95. The Morgan fingerprint density at radius 2 is 2.03 bits per heavy atom. The molecule has 4 heterocycles. The lowest BCUT2D eigenvalue weighted by atomic mass is 10.2. The lowest BCUT2D eigenvalue weighted by Crippen LogP contribution is -2.34. The van der Waals surface area contributed by atoms with Gasteiger partial charge in [0, 0.05) is 16.7 Å². The maximum absolute atomic E-state index is 12.6. The van der Waals surface area contributed by atoms with E-state index >= 15 is 0 Å². The Labute approximate surface area is 160 Å². The van der Waals surface area contributed by atoms with E-state index in [1.165, 1.54) is 23.0 Å². The van der Waals surface area contributed by atoms with Crippen LogP contribution in [0.15, 0.2) is 42.9 Å². The van der Waals surface area contributed by atoms with Gasteiger partial charge in [-0.25, -0.2) is 0 Å². The number of imidazole rings is 1. The third-order valence-corrected chi connectivity index (χ3v) is 4.10. The predicted octanol–water partition coefficient (Wildman–Crippen LogP) is 3.11. The van der Waals surface area contributed by atoms with Crippen molar-refractivity contribution in [3.05, 3.63) is 58.7 Å². The highest BCUT2D eigenvalue weighted by Crippen LogP contribution is 2.29. The molecule has 4 rings (SSSR count). The van der Waals surface area contributed by atoms with Crippen LogP contribution in [-0.4, -0.2) is 37.2 Å². The molecule has 0 saturated heterocycles. The molecule has 12 heteroatoms. The monoisotopic (exact) mass is 407 g/mol. The minimum absolute atomic E-state index is 0.152. The van der Waals surface area contributed by atoms with E-state index in [9.17, 15) is 23.3 Å². The molecule has 1 atom stereocenters. The lowest BCUT2D eigenvalue weighted by Gasteiger charge is -2.23. The molecule has 0 aliphatic carbocycles. The van der Waals surface area contributed by atoms with Gasteiger partial charge in [0.05, 0.1) is 18.4 Å². The Morgan fingerprint density at radius 1 is 1.21 bits per heavy atom. The molecule has 0 saturated carbocycles. The van der Waals surface area contributed by atoms with Crippen molar-refractivity contribution in [2.24, 2.45) is 0 Å². The number of halogens is 3. The second kappa shape index (κ2) is 7.04. The fourth-order valence-electron chi connectivity index (χ4n) is 2.76. The largest absolute Gasteiger partial charge is 0.483 e. The van der Waals surface area contributed by atoms with Crippen LogP contribution < -0.4 is 9.47 Å². The van der Waals surface area contributed by atoms with Crippen molar-refractivity contribution in [3.63, 3.8) is 0 Å². The number of alkyl halides is 3. The summed E-state index contributed by atoms with van der Waals surface area (Å²) < 4.78 is 50.4. The molecule has 0 amide bonds. The molecule has 150 valence electrons. The average molecular weight is 407 g/mol. The van der Waals surface area contributed by atoms with E-state index in [0.29, 0.717) is 23.6 Å². The molecule has 9 nitrogen and oxygen atoms in total. The average Bonchev–Trinajstić information content (AvgIpc) is 3.12. The van der Waals surface area contributed by atoms with Crippen LogP contribution >= 0.6 is 0 Å². The normalized spacial score (nSPS) is 16.0. The summed E-state index contributed by atoms with van der Waals surface area (Å²) in [6.07, 6.45) is -1.12. The van der Waals surface area contributed by atoms with Gasteiger partial charge in [0.2, 0.25) is 0 Å². The van der Waals surface area contributed by atoms with Crippen molar-refractivity contribution >= 4 is 5.82 Å². The molecule has 3 aromatic rings. The maximum atomic E-state index is 12.6. The van der Waals surface area contributed by atoms with E-state index in [4.69, 9.17) is 9.47 Å². The Bertz CT molecular complexity index is 1030. The van der Waals surface area contributed by atoms with Crippen LogP contribution in [0.2, 0.25) is 0 Å². The first-order valence-electron chi connectivity index (χ1n) is 8.30. The summed E-state index contributed by atoms with van der Waals surface area (Å²) in [5.41, 5.74) is -0.107. The van der Waals surface area contributed by atoms with Gasteiger partial charge in [-0.1, -0.05) is 0 Å². The standard InChI is InChI=1S/C17H12F3N5O4/c18-17(19,20)14-4-1-10(5-22-14)13-3-2-11(6-21-13)29-12-7-24-8-15(25(26)27)23-16(24)28-9-12/h1-6,8,12H,7,9H2/t12-/m0/s1. The summed E-state index contributed by atoms with van der Waals surface area (Å²) >= 11 is 0. The molecule has 0 unspecified atom stereocenters. The molecule has 1 aliphatic rings. The Kier molecular flexibility index (Phi) is 4.53. The van der Waals surface area contributed by atoms with Gasteiger partial charge in [-0.3, -0.25) is 14.5 Å². The van der Waals surface area contributed by atoms with Crippen molar-refractivity contribution < 1.29 is 27.6 Å². The lowest BCUT2D eigenvalue weighted by molar-refractivity contribution is -0.389. The highest BCUT2D eigenvalue weighted by molar-refractivity contribution is 5.58. The Morgan fingerprint density at radius 3 is 2.66 bits per heavy atom. The zero-order chi connectivity index (χ0) is 20.6. The molecular formula is C17H12F3N5O4. The smallest absolute Gasteiger partial charge is 0.433 e. The van der Waals surface area contributed by atoms with Gasteiger partial charge >= 0.3 is 18.0 Å². The first kappa shape index (κ1) is 18.7. The first-order valence-corrected chi connectivity index (χ1v) is 8.30. The van der Waals surface area contributed by atoms with Crippen molar-refractivity contribution in [1.82, 2.24) is 19.5 Å². The summed E-state index contributed by atoms with van der Waals surface area (Å²) in [7, 11) is 0. The maximum Gasteiger partial charge on any atom is 0.433 e. The van der Waals surface area contributed by atoms with Crippen molar-refractivity contribution in [2.75, 3.05) is 6.61 Å². The van der Waals surface area contributed by atoms with Crippen LogP contribution in [0.25, 0.3) is 11.3 Å². The van der Waals surface area contributed by atoms with Gasteiger partial charge < -0.3 is 19.6 Å². The number of nitrogens with zero attached hydrogens (tertiary/aromatic N) is 5. The zero-order valence-corrected chi connectivity index (χ0v) is 14.5. The van der Waals surface area contributed by atoms with Crippen LogP contribution in [0.4, 0.5) is 19.0 Å². The van der Waals surface area contributed by atoms with E-state index in [2.05, 4.69) is 15.0 Å². The SMILES string of the molecule is O=[N+]([O-])c1cn2c(n1)OC[C@@H](Oc1ccc(-c3ccc(C(F)(F)F)nc3)nc1)C2. The summed E-state index contributed by atoms with van der Waals surface area (Å²) in [5, 5.41) is 10.8. The van der Waals surface area contributed by atoms with Gasteiger partial charge in [0.15, 0.2) is 6.10 Å². The van der Waals surface area contributed by atoms with Gasteiger partial charge in [-0.2, -0.15) is 13.2 Å². The van der Waals surface area contributed by atoms with Gasteiger partial charge in [-0.15, -0.1) is 0 Å². The van der Waals surface area contributed by atoms with E-state index in [1.807, 2.05) is 0 Å². The van der Waals surface area contributed by atoms with Crippen LogP contribution in [0.3, 0.4) is 0 Å². The fourth-order valence-corrected chi connectivity index (χ4v) is 2.76. The van der Waals surface area contributed by atoms with Gasteiger partial charge in [-0.05, 0) is 29.2 Å². The second-order valence-electron chi connectivity index (χ2n) is 6.15. The molecular weight excluding hydrogens is 395 g/mol. The van der Waals surface area contributed by atoms with Crippen LogP contribution in [-0.2, 0) is 12.7 Å². The topological polar surface area (TPSA) is 105 Å². The Balaban J connectivity index is 1.43. The number of ether oxygens (including phenoxy) is 2. The minimum atomic E-state index is -4.50. The van der Waals surface area contributed by atoms with Crippen LogP contribution in [0, 0.1) is 10.1 Å². The van der Waals surface area contributed by atoms with E-state index in [-0.39, 0.29) is 18.4 Å². The molecule has 0 spiro atoms. The zero-order valence-electron chi connectivity index (χ0n) is 14.5. The molecule has 1 aliphatic heterocycles. The van der Waals surface area contributed by atoms with Gasteiger partial charge in [0.25, 0.3) is 0 Å². The highest BCUT2D eigenvalue weighted by Gasteiger charge is 2.32.